The Kier molecular flexibility index (Phi) is 5.41. The zero-order valence-electron chi connectivity index (χ0n) is 12.2. The summed E-state index contributed by atoms with van der Waals surface area (Å²) in [7, 11) is 4.24. The fourth-order valence-electron chi connectivity index (χ4n) is 2.50. The SMILES string of the molecule is CN(C)CC1CCCN1CCC(C)(C)C(N)=NO. The van der Waals surface area contributed by atoms with Gasteiger partial charge in [0, 0.05) is 18.0 Å². The maximum atomic E-state index is 8.78. The molecule has 0 saturated carbocycles. The largest absolute Gasteiger partial charge is 0.409 e. The van der Waals surface area contributed by atoms with E-state index < -0.39 is 0 Å². The van der Waals surface area contributed by atoms with Gasteiger partial charge in [-0.3, -0.25) is 4.90 Å². The van der Waals surface area contributed by atoms with E-state index in [0.717, 1.165) is 19.5 Å². The summed E-state index contributed by atoms with van der Waals surface area (Å²) in [5, 5.41) is 11.9. The number of oxime groups is 1. The third-order valence-electron chi connectivity index (χ3n) is 3.90. The first-order valence-electron chi connectivity index (χ1n) is 6.73. The highest BCUT2D eigenvalue weighted by molar-refractivity contribution is 5.85. The Morgan fingerprint density at radius 3 is 2.72 bits per heavy atom. The molecule has 0 aromatic carbocycles. The number of hydrogen-bond donors (Lipinski definition) is 2. The average molecular weight is 256 g/mol. The number of rotatable bonds is 6. The number of nitrogens with two attached hydrogens (primary N) is 1. The molecule has 0 radical (unpaired) electrons. The van der Waals surface area contributed by atoms with Crippen LogP contribution in [0.15, 0.2) is 5.16 Å². The molecule has 1 unspecified atom stereocenters. The van der Waals surface area contributed by atoms with Crippen molar-refractivity contribution in [2.75, 3.05) is 33.7 Å². The zero-order valence-corrected chi connectivity index (χ0v) is 12.2. The fourth-order valence-corrected chi connectivity index (χ4v) is 2.50. The molecule has 5 nitrogen and oxygen atoms in total. The molecule has 0 aliphatic carbocycles. The molecule has 0 spiro atoms. The summed E-state index contributed by atoms with van der Waals surface area (Å²) in [5.74, 6) is 0.325. The molecule has 1 rings (SSSR count). The first-order chi connectivity index (χ1) is 8.36. The normalized spacial score (nSPS) is 22.9. The molecule has 1 saturated heterocycles. The number of nitrogens with zero attached hydrogens (tertiary/aromatic N) is 3. The molecule has 3 N–H and O–H groups in total. The van der Waals surface area contributed by atoms with Gasteiger partial charge in [-0.15, -0.1) is 0 Å². The lowest BCUT2D eigenvalue weighted by Crippen LogP contribution is -2.41. The van der Waals surface area contributed by atoms with Crippen LogP contribution in [0.5, 0.6) is 0 Å². The van der Waals surface area contributed by atoms with E-state index in [1.807, 2.05) is 13.8 Å². The molecule has 0 aromatic heterocycles. The van der Waals surface area contributed by atoms with Gasteiger partial charge >= 0.3 is 0 Å². The molecule has 1 aliphatic rings. The maximum absolute atomic E-state index is 8.78. The van der Waals surface area contributed by atoms with Crippen LogP contribution in [0.1, 0.15) is 33.1 Å². The zero-order chi connectivity index (χ0) is 13.8. The summed E-state index contributed by atoms with van der Waals surface area (Å²) >= 11 is 0. The van der Waals surface area contributed by atoms with E-state index in [0.29, 0.717) is 11.9 Å². The quantitative estimate of drug-likeness (QED) is 0.324. The Labute approximate surface area is 111 Å². The van der Waals surface area contributed by atoms with E-state index in [1.54, 1.807) is 0 Å². The van der Waals surface area contributed by atoms with E-state index in [2.05, 4.69) is 29.1 Å². The summed E-state index contributed by atoms with van der Waals surface area (Å²) in [6.07, 6.45) is 3.48. The van der Waals surface area contributed by atoms with Gasteiger partial charge in [-0.1, -0.05) is 19.0 Å². The summed E-state index contributed by atoms with van der Waals surface area (Å²) in [4.78, 5) is 4.78. The van der Waals surface area contributed by atoms with Crippen molar-refractivity contribution >= 4 is 5.84 Å². The van der Waals surface area contributed by atoms with Crippen LogP contribution in [0.3, 0.4) is 0 Å². The maximum Gasteiger partial charge on any atom is 0.144 e. The van der Waals surface area contributed by atoms with Gasteiger partial charge in [-0.05, 0) is 46.4 Å². The fraction of sp³-hybridized carbons (Fsp3) is 0.923. The number of likely N-dealkylation sites (tertiary alicyclic amines) is 1. The van der Waals surface area contributed by atoms with Crippen molar-refractivity contribution in [3.05, 3.63) is 0 Å². The molecule has 0 aromatic rings. The Bertz CT molecular complexity index is 289. The molecule has 1 heterocycles. The predicted molar refractivity (Wildman–Crippen MR) is 75.0 cm³/mol. The molecule has 5 heteroatoms. The van der Waals surface area contributed by atoms with Crippen molar-refractivity contribution < 1.29 is 5.21 Å². The molecule has 106 valence electrons. The molecular formula is C13H28N4O. The third-order valence-corrected chi connectivity index (χ3v) is 3.90. The van der Waals surface area contributed by atoms with Gasteiger partial charge in [-0.2, -0.15) is 0 Å². The molecule has 1 atom stereocenters. The second kappa shape index (κ2) is 6.38. The monoisotopic (exact) mass is 256 g/mol. The van der Waals surface area contributed by atoms with Gasteiger partial charge in [0.1, 0.15) is 5.84 Å². The highest BCUT2D eigenvalue weighted by atomic mass is 16.4. The van der Waals surface area contributed by atoms with Gasteiger partial charge < -0.3 is 15.8 Å². The lowest BCUT2D eigenvalue weighted by atomic mass is 9.88. The molecule has 0 amide bonds. The average Bonchev–Trinajstić information content (AvgIpc) is 2.72. The Morgan fingerprint density at radius 1 is 1.50 bits per heavy atom. The van der Waals surface area contributed by atoms with Crippen LogP contribution in [0.2, 0.25) is 0 Å². The minimum Gasteiger partial charge on any atom is -0.409 e. The molecule has 0 bridgehead atoms. The highest BCUT2D eigenvalue weighted by Crippen LogP contribution is 2.24. The van der Waals surface area contributed by atoms with Crippen LogP contribution in [0, 0.1) is 5.41 Å². The van der Waals surface area contributed by atoms with E-state index >= 15 is 0 Å². The Hall–Kier alpha value is -0.810. The van der Waals surface area contributed by atoms with Crippen molar-refractivity contribution in [3.8, 4) is 0 Å². The van der Waals surface area contributed by atoms with E-state index in [1.165, 1.54) is 19.4 Å². The molecule has 1 aliphatic heterocycles. The second-order valence-electron chi connectivity index (χ2n) is 6.21. The van der Waals surface area contributed by atoms with Gasteiger partial charge in [0.15, 0.2) is 0 Å². The highest BCUT2D eigenvalue weighted by Gasteiger charge is 2.29. The van der Waals surface area contributed by atoms with Crippen LogP contribution < -0.4 is 5.73 Å². The summed E-state index contributed by atoms with van der Waals surface area (Å²) in [6.45, 7) is 7.36. The van der Waals surface area contributed by atoms with Gasteiger partial charge in [-0.25, -0.2) is 0 Å². The first-order valence-corrected chi connectivity index (χ1v) is 6.73. The van der Waals surface area contributed by atoms with Crippen molar-refractivity contribution in [3.63, 3.8) is 0 Å². The van der Waals surface area contributed by atoms with Crippen molar-refractivity contribution in [1.29, 1.82) is 0 Å². The van der Waals surface area contributed by atoms with Gasteiger partial charge in [0.2, 0.25) is 0 Å². The standard InChI is InChI=1S/C13H28N4O/c1-13(2,12(14)15-18)7-9-17-8-5-6-11(17)10-16(3)4/h11,18H,5-10H2,1-4H3,(H2,14,15). The van der Waals surface area contributed by atoms with Gasteiger partial charge in [0.25, 0.3) is 0 Å². The number of likely N-dealkylation sites (N-methyl/N-ethyl adjacent to an activating group) is 1. The van der Waals surface area contributed by atoms with E-state index in [-0.39, 0.29) is 5.41 Å². The molecular weight excluding hydrogens is 228 g/mol. The van der Waals surface area contributed by atoms with Crippen molar-refractivity contribution in [2.45, 2.75) is 39.2 Å². The van der Waals surface area contributed by atoms with Crippen molar-refractivity contribution in [2.24, 2.45) is 16.3 Å². The summed E-state index contributed by atoms with van der Waals surface area (Å²) in [6, 6.07) is 0.656. The predicted octanol–water partition coefficient (Wildman–Crippen LogP) is 1.18. The van der Waals surface area contributed by atoms with Crippen LogP contribution in [0.4, 0.5) is 0 Å². The first kappa shape index (κ1) is 15.2. The minimum atomic E-state index is -0.236. The van der Waals surface area contributed by atoms with E-state index in [4.69, 9.17) is 10.9 Å². The van der Waals surface area contributed by atoms with Gasteiger partial charge in [0.05, 0.1) is 0 Å². The number of hydrogen-bond acceptors (Lipinski definition) is 4. The third kappa shape index (κ3) is 4.14. The Morgan fingerprint density at radius 2 is 2.17 bits per heavy atom. The Balaban J connectivity index is 2.47. The van der Waals surface area contributed by atoms with E-state index in [9.17, 15) is 0 Å². The number of amidine groups is 1. The summed E-state index contributed by atoms with van der Waals surface area (Å²) in [5.41, 5.74) is 5.49. The molecule has 1 fully saturated rings. The minimum absolute atomic E-state index is 0.236. The van der Waals surface area contributed by atoms with Crippen molar-refractivity contribution in [1.82, 2.24) is 9.80 Å². The van der Waals surface area contributed by atoms with Crippen LogP contribution >= 0.6 is 0 Å². The molecule has 18 heavy (non-hydrogen) atoms. The topological polar surface area (TPSA) is 65.1 Å². The summed E-state index contributed by atoms with van der Waals surface area (Å²) < 4.78 is 0. The van der Waals surface area contributed by atoms with Crippen LogP contribution in [0.25, 0.3) is 0 Å². The second-order valence-corrected chi connectivity index (χ2v) is 6.21. The lowest BCUT2D eigenvalue weighted by Gasteiger charge is -2.30. The van der Waals surface area contributed by atoms with Crippen LogP contribution in [-0.2, 0) is 0 Å². The lowest BCUT2D eigenvalue weighted by molar-refractivity contribution is 0.191. The van der Waals surface area contributed by atoms with Crippen LogP contribution in [-0.4, -0.2) is 60.6 Å². The smallest absolute Gasteiger partial charge is 0.144 e.